The van der Waals surface area contributed by atoms with Crippen molar-refractivity contribution in [3.05, 3.63) is 135 Å². The van der Waals surface area contributed by atoms with Crippen LogP contribution in [0.25, 0.3) is 0 Å². The van der Waals surface area contributed by atoms with Crippen LogP contribution in [0.1, 0.15) is 34.2 Å². The minimum absolute atomic E-state index is 0.185. The molecule has 0 radical (unpaired) electrons. The molecule has 0 spiro atoms. The van der Waals surface area contributed by atoms with Crippen LogP contribution in [0.3, 0.4) is 0 Å². The summed E-state index contributed by atoms with van der Waals surface area (Å²) in [6, 6.07) is 30.8. The Labute approximate surface area is 234 Å². The Morgan fingerprint density at radius 2 is 1.32 bits per heavy atom. The van der Waals surface area contributed by atoms with Gasteiger partial charge in [-0.25, -0.2) is 4.83 Å². The number of halogens is 2. The number of hydrogen-bond acceptors (Lipinski definition) is 3. The summed E-state index contributed by atoms with van der Waals surface area (Å²) in [6.07, 6.45) is 2.68. The van der Waals surface area contributed by atoms with Crippen molar-refractivity contribution < 1.29 is 8.42 Å². The van der Waals surface area contributed by atoms with Gasteiger partial charge in [-0.05, 0) is 91.3 Å². The van der Waals surface area contributed by atoms with E-state index in [1.165, 1.54) is 5.56 Å². The van der Waals surface area contributed by atoms with Gasteiger partial charge in [0.1, 0.15) is 0 Å². The summed E-state index contributed by atoms with van der Waals surface area (Å²) in [5.74, 6) is 0. The maximum absolute atomic E-state index is 13.2. The molecule has 0 atom stereocenters. The third-order valence-electron chi connectivity index (χ3n) is 7.19. The molecule has 0 fully saturated rings. The van der Waals surface area contributed by atoms with Gasteiger partial charge in [-0.2, -0.15) is 13.5 Å². The molecule has 0 aromatic heterocycles. The highest BCUT2D eigenvalue weighted by Crippen LogP contribution is 2.41. The van der Waals surface area contributed by atoms with Gasteiger partial charge in [-0.3, -0.25) is 0 Å². The molecule has 4 aromatic carbocycles. The average Bonchev–Trinajstić information content (AvgIpc) is 2.91. The average molecular weight is 564 g/mol. The molecule has 0 unspecified atom stereocenters. The lowest BCUT2D eigenvalue weighted by Crippen LogP contribution is -2.45. The predicted octanol–water partition coefficient (Wildman–Crippen LogP) is 7.31. The lowest BCUT2D eigenvalue weighted by molar-refractivity contribution is 0.528. The SMILES string of the molecule is Cc1ccc(S(=O)(=O)N/N=C2\CCc3ccccc3C2(Cc2ccc(Cl)cc2)Cc2ccc(Cl)cc2)cc1. The van der Waals surface area contributed by atoms with E-state index in [1.807, 2.05) is 61.5 Å². The zero-order valence-corrected chi connectivity index (χ0v) is 23.3. The Balaban J connectivity index is 1.64. The van der Waals surface area contributed by atoms with Crippen molar-refractivity contribution in [2.75, 3.05) is 0 Å². The van der Waals surface area contributed by atoms with Gasteiger partial charge in [-0.15, -0.1) is 0 Å². The van der Waals surface area contributed by atoms with Crippen molar-refractivity contribution >= 4 is 38.9 Å². The van der Waals surface area contributed by atoms with E-state index in [9.17, 15) is 8.42 Å². The summed E-state index contributed by atoms with van der Waals surface area (Å²) in [6.45, 7) is 1.92. The lowest BCUT2D eigenvalue weighted by atomic mass is 9.62. The maximum atomic E-state index is 13.2. The summed E-state index contributed by atoms with van der Waals surface area (Å²) >= 11 is 12.4. The highest BCUT2D eigenvalue weighted by molar-refractivity contribution is 7.89. The van der Waals surface area contributed by atoms with Crippen LogP contribution in [-0.2, 0) is 34.7 Å². The van der Waals surface area contributed by atoms with E-state index in [0.717, 1.165) is 34.4 Å². The molecule has 4 aromatic rings. The number of nitrogens with one attached hydrogen (secondary N) is 1. The molecule has 1 N–H and O–H groups in total. The molecule has 4 nitrogen and oxygen atoms in total. The molecule has 5 rings (SSSR count). The number of hydrazone groups is 1. The number of fused-ring (bicyclic) bond motifs is 1. The van der Waals surface area contributed by atoms with Crippen molar-refractivity contribution in [3.63, 3.8) is 0 Å². The lowest BCUT2D eigenvalue weighted by Gasteiger charge is -2.41. The topological polar surface area (TPSA) is 58.5 Å². The van der Waals surface area contributed by atoms with E-state index in [0.29, 0.717) is 29.3 Å². The number of rotatable bonds is 7. The van der Waals surface area contributed by atoms with Crippen LogP contribution < -0.4 is 4.83 Å². The zero-order chi connectivity index (χ0) is 26.8. The first-order valence-corrected chi connectivity index (χ1v) is 14.7. The first kappa shape index (κ1) is 26.5. The Morgan fingerprint density at radius 3 is 1.89 bits per heavy atom. The van der Waals surface area contributed by atoms with Gasteiger partial charge in [0.15, 0.2) is 0 Å². The minimum atomic E-state index is -3.83. The molecule has 0 heterocycles. The normalized spacial score (nSPS) is 15.7. The number of sulfonamides is 1. The molecule has 0 amide bonds. The van der Waals surface area contributed by atoms with Crippen molar-refractivity contribution in [2.45, 2.75) is 42.9 Å². The summed E-state index contributed by atoms with van der Waals surface area (Å²) in [7, 11) is -3.83. The first-order chi connectivity index (χ1) is 18.2. The van der Waals surface area contributed by atoms with Gasteiger partial charge in [0.25, 0.3) is 10.0 Å². The van der Waals surface area contributed by atoms with Crippen LogP contribution in [-0.4, -0.2) is 14.1 Å². The fourth-order valence-corrected chi connectivity index (χ4v) is 6.34. The molecule has 0 saturated carbocycles. The van der Waals surface area contributed by atoms with Gasteiger partial charge in [-0.1, -0.05) is 89.4 Å². The van der Waals surface area contributed by atoms with Crippen LogP contribution in [0.15, 0.2) is 107 Å². The first-order valence-electron chi connectivity index (χ1n) is 12.5. The second-order valence-corrected chi connectivity index (χ2v) is 12.3. The second kappa shape index (κ2) is 10.9. The Hall–Kier alpha value is -3.12. The van der Waals surface area contributed by atoms with Crippen LogP contribution in [0.2, 0.25) is 10.0 Å². The molecule has 38 heavy (non-hydrogen) atoms. The van der Waals surface area contributed by atoms with Crippen molar-refractivity contribution in [3.8, 4) is 0 Å². The number of aryl methyl sites for hydroxylation is 2. The standard InChI is InChI=1S/C31H28Cl2N2O2S/c1-22-6-17-28(18-7-22)38(36,37)35-34-30-19-12-25-4-2-3-5-29(25)31(30,20-23-8-13-26(32)14-9-23)21-24-10-15-27(33)16-11-24/h2-11,13-18,35H,12,19-21H2,1H3/b34-30+. The number of hydrogen-bond donors (Lipinski definition) is 1. The van der Waals surface area contributed by atoms with Crippen molar-refractivity contribution in [1.82, 2.24) is 4.83 Å². The molecule has 0 bridgehead atoms. The zero-order valence-electron chi connectivity index (χ0n) is 21.0. The fourth-order valence-electron chi connectivity index (χ4n) is 5.26. The molecular formula is C31H28Cl2N2O2S. The quantitative estimate of drug-likeness (QED) is 0.240. The Bertz CT molecular complexity index is 1520. The fraction of sp³-hybridized carbons (Fsp3) is 0.194. The summed E-state index contributed by atoms with van der Waals surface area (Å²) in [4.78, 5) is 2.74. The molecule has 1 aliphatic rings. The van der Waals surface area contributed by atoms with Crippen molar-refractivity contribution in [2.24, 2.45) is 5.10 Å². The van der Waals surface area contributed by atoms with Gasteiger partial charge < -0.3 is 0 Å². The van der Waals surface area contributed by atoms with E-state index in [4.69, 9.17) is 23.2 Å². The Morgan fingerprint density at radius 1 is 0.763 bits per heavy atom. The van der Waals surface area contributed by atoms with Crippen molar-refractivity contribution in [1.29, 1.82) is 0 Å². The Kier molecular flexibility index (Phi) is 7.62. The molecule has 194 valence electrons. The third-order valence-corrected chi connectivity index (χ3v) is 8.92. The minimum Gasteiger partial charge on any atom is -0.200 e. The molecule has 7 heteroatoms. The van der Waals surface area contributed by atoms with Crippen LogP contribution >= 0.6 is 23.2 Å². The van der Waals surface area contributed by atoms with E-state index in [-0.39, 0.29) is 4.90 Å². The summed E-state index contributed by atoms with van der Waals surface area (Å²) in [5.41, 5.74) is 5.80. The summed E-state index contributed by atoms with van der Waals surface area (Å²) < 4.78 is 26.4. The second-order valence-electron chi connectivity index (χ2n) is 9.81. The monoisotopic (exact) mass is 562 g/mol. The highest BCUT2D eigenvalue weighted by Gasteiger charge is 2.42. The van der Waals surface area contributed by atoms with E-state index in [2.05, 4.69) is 28.1 Å². The molecule has 1 aliphatic carbocycles. The smallest absolute Gasteiger partial charge is 0.200 e. The van der Waals surface area contributed by atoms with Gasteiger partial charge in [0, 0.05) is 15.5 Å². The molecule has 0 saturated heterocycles. The van der Waals surface area contributed by atoms with E-state index >= 15 is 0 Å². The highest BCUT2D eigenvalue weighted by atomic mass is 35.5. The van der Waals surface area contributed by atoms with E-state index < -0.39 is 15.4 Å². The van der Waals surface area contributed by atoms with E-state index in [1.54, 1.807) is 24.3 Å². The number of nitrogens with zero attached hydrogens (tertiary/aromatic N) is 1. The molecular weight excluding hydrogens is 535 g/mol. The van der Waals surface area contributed by atoms with Gasteiger partial charge >= 0.3 is 0 Å². The summed E-state index contributed by atoms with van der Waals surface area (Å²) in [5, 5.41) is 6.00. The maximum Gasteiger partial charge on any atom is 0.276 e. The van der Waals surface area contributed by atoms with Gasteiger partial charge in [0.2, 0.25) is 0 Å². The van der Waals surface area contributed by atoms with Crippen LogP contribution in [0, 0.1) is 6.92 Å². The third kappa shape index (κ3) is 5.65. The van der Waals surface area contributed by atoms with Gasteiger partial charge in [0.05, 0.1) is 10.6 Å². The predicted molar refractivity (Wildman–Crippen MR) is 156 cm³/mol. The largest absolute Gasteiger partial charge is 0.276 e. The number of benzene rings is 4. The molecule has 0 aliphatic heterocycles. The van der Waals surface area contributed by atoms with Crippen LogP contribution in [0.5, 0.6) is 0 Å². The van der Waals surface area contributed by atoms with Crippen LogP contribution in [0.4, 0.5) is 0 Å².